The quantitative estimate of drug-likeness (QED) is 0.575. The zero-order valence-electron chi connectivity index (χ0n) is 16.0. The maximum Gasteiger partial charge on any atom is 0.346 e. The van der Waals surface area contributed by atoms with E-state index in [9.17, 15) is 14.7 Å². The Morgan fingerprint density at radius 3 is 2.62 bits per heavy atom. The van der Waals surface area contributed by atoms with Gasteiger partial charge in [-0.05, 0) is 18.1 Å². The third kappa shape index (κ3) is 3.63. The predicted molar refractivity (Wildman–Crippen MR) is 114 cm³/mol. The summed E-state index contributed by atoms with van der Waals surface area (Å²) in [6.45, 7) is 2.63. The van der Waals surface area contributed by atoms with Crippen LogP contribution in [-0.2, 0) is 4.79 Å². The lowest BCUT2D eigenvalue weighted by molar-refractivity contribution is -0.116. The minimum atomic E-state index is -0.994. The van der Waals surface area contributed by atoms with E-state index in [1.54, 1.807) is 0 Å². The third-order valence-corrected chi connectivity index (χ3v) is 6.21. The Morgan fingerprint density at radius 1 is 1.17 bits per heavy atom. The Labute approximate surface area is 173 Å². The lowest BCUT2D eigenvalue weighted by atomic mass is 9.88. The topological polar surface area (TPSA) is 75.6 Å². The Hall–Kier alpha value is -3.12. The van der Waals surface area contributed by atoms with E-state index in [0.717, 1.165) is 28.2 Å². The SMILES string of the molecule is CCCOc1ccccc1[C@H]1CC(=O)Nc2c1sc(C(=O)O)c2-c1ccccc1. The standard InChI is InChI=1S/C23H21NO4S/c1-2-12-28-17-11-7-6-10-15(17)16-13-18(25)24-20-19(14-8-4-3-5-9-14)22(23(26)27)29-21(16)20/h3-11,16H,2,12-13H2,1H3,(H,24,25)(H,26,27)/t16-/m1/s1. The monoisotopic (exact) mass is 407 g/mol. The van der Waals surface area contributed by atoms with Gasteiger partial charge in [0.25, 0.3) is 0 Å². The lowest BCUT2D eigenvalue weighted by Gasteiger charge is -2.25. The molecule has 29 heavy (non-hydrogen) atoms. The van der Waals surface area contributed by atoms with Crippen molar-refractivity contribution >= 4 is 28.9 Å². The lowest BCUT2D eigenvalue weighted by Crippen LogP contribution is -2.23. The maximum absolute atomic E-state index is 12.6. The Balaban J connectivity index is 1.89. The van der Waals surface area contributed by atoms with Gasteiger partial charge in [-0.1, -0.05) is 55.5 Å². The molecule has 0 bridgehead atoms. The number of carboxylic acids is 1. The smallest absolute Gasteiger partial charge is 0.346 e. The molecule has 2 N–H and O–H groups in total. The fourth-order valence-corrected chi connectivity index (χ4v) is 4.92. The molecule has 3 aromatic rings. The van der Waals surface area contributed by atoms with Crippen LogP contribution in [0.25, 0.3) is 11.1 Å². The molecule has 2 aromatic carbocycles. The first kappa shape index (κ1) is 19.2. The fourth-order valence-electron chi connectivity index (χ4n) is 3.68. The van der Waals surface area contributed by atoms with E-state index in [1.165, 1.54) is 11.3 Å². The Bertz CT molecular complexity index is 1060. The first-order chi connectivity index (χ1) is 14.1. The molecule has 0 saturated carbocycles. The van der Waals surface area contributed by atoms with Gasteiger partial charge in [-0.15, -0.1) is 11.3 Å². The molecule has 2 heterocycles. The molecule has 1 aliphatic heterocycles. The summed E-state index contributed by atoms with van der Waals surface area (Å²) in [5.41, 5.74) is 2.86. The number of amides is 1. The van der Waals surface area contributed by atoms with E-state index in [4.69, 9.17) is 4.74 Å². The third-order valence-electron chi connectivity index (χ3n) is 4.92. The van der Waals surface area contributed by atoms with Crippen molar-refractivity contribution < 1.29 is 19.4 Å². The number of rotatable bonds is 6. The summed E-state index contributed by atoms with van der Waals surface area (Å²) in [7, 11) is 0. The molecule has 0 unspecified atom stereocenters. The molecule has 148 valence electrons. The van der Waals surface area contributed by atoms with Crippen LogP contribution in [-0.4, -0.2) is 23.6 Å². The summed E-state index contributed by atoms with van der Waals surface area (Å²) in [6.07, 6.45) is 1.14. The van der Waals surface area contributed by atoms with Gasteiger partial charge in [-0.3, -0.25) is 4.79 Å². The molecule has 0 fully saturated rings. The van der Waals surface area contributed by atoms with Gasteiger partial charge in [0, 0.05) is 28.3 Å². The van der Waals surface area contributed by atoms with Crippen LogP contribution in [0.15, 0.2) is 54.6 Å². The zero-order chi connectivity index (χ0) is 20.4. The van der Waals surface area contributed by atoms with Crippen LogP contribution in [0.4, 0.5) is 5.69 Å². The second-order valence-corrected chi connectivity index (χ2v) is 7.96. The highest BCUT2D eigenvalue weighted by atomic mass is 32.1. The van der Waals surface area contributed by atoms with Crippen LogP contribution in [0, 0.1) is 0 Å². The highest BCUT2D eigenvalue weighted by molar-refractivity contribution is 7.15. The van der Waals surface area contributed by atoms with Crippen molar-refractivity contribution in [3.05, 3.63) is 69.9 Å². The molecule has 4 rings (SSSR count). The van der Waals surface area contributed by atoms with Crippen LogP contribution < -0.4 is 10.1 Å². The van der Waals surface area contributed by atoms with Crippen molar-refractivity contribution in [3.8, 4) is 16.9 Å². The summed E-state index contributed by atoms with van der Waals surface area (Å²) in [5.74, 6) is -0.620. The number of aromatic carboxylic acids is 1. The average molecular weight is 407 g/mol. The summed E-state index contributed by atoms with van der Waals surface area (Å²) in [4.78, 5) is 25.7. The van der Waals surface area contributed by atoms with Gasteiger partial charge in [0.05, 0.1) is 12.3 Å². The van der Waals surface area contributed by atoms with Gasteiger partial charge in [-0.2, -0.15) is 0 Å². The number of hydrogen-bond donors (Lipinski definition) is 2. The highest BCUT2D eigenvalue weighted by Gasteiger charge is 2.35. The minimum absolute atomic E-state index is 0.125. The molecule has 1 aromatic heterocycles. The van der Waals surface area contributed by atoms with Crippen LogP contribution in [0.5, 0.6) is 5.75 Å². The molecule has 1 atom stereocenters. The fraction of sp³-hybridized carbons (Fsp3) is 0.217. The summed E-state index contributed by atoms with van der Waals surface area (Å²) in [6, 6.07) is 17.0. The first-order valence-electron chi connectivity index (χ1n) is 9.57. The molecule has 6 heteroatoms. The molecule has 0 saturated heterocycles. The van der Waals surface area contributed by atoms with Crippen LogP contribution in [0.2, 0.25) is 0 Å². The van der Waals surface area contributed by atoms with Crippen molar-refractivity contribution in [1.82, 2.24) is 0 Å². The van der Waals surface area contributed by atoms with Crippen molar-refractivity contribution in [1.29, 1.82) is 0 Å². The van der Waals surface area contributed by atoms with Gasteiger partial charge in [0.2, 0.25) is 5.91 Å². The number of anilines is 1. The maximum atomic E-state index is 12.6. The number of carboxylic acid groups (broad SMARTS) is 1. The molecule has 0 radical (unpaired) electrons. The second kappa shape index (κ2) is 8.09. The van der Waals surface area contributed by atoms with E-state index in [1.807, 2.05) is 61.5 Å². The molecule has 5 nitrogen and oxygen atoms in total. The van der Waals surface area contributed by atoms with Crippen LogP contribution in [0.1, 0.15) is 45.8 Å². The summed E-state index contributed by atoms with van der Waals surface area (Å²) in [5, 5.41) is 12.8. The van der Waals surface area contributed by atoms with E-state index < -0.39 is 5.97 Å². The van der Waals surface area contributed by atoms with Gasteiger partial charge >= 0.3 is 5.97 Å². The number of ether oxygens (including phenoxy) is 1. The van der Waals surface area contributed by atoms with Gasteiger partial charge in [0.15, 0.2) is 0 Å². The van der Waals surface area contributed by atoms with E-state index >= 15 is 0 Å². The van der Waals surface area contributed by atoms with Crippen molar-refractivity contribution in [2.45, 2.75) is 25.7 Å². The second-order valence-electron chi connectivity index (χ2n) is 6.91. The minimum Gasteiger partial charge on any atom is -0.493 e. The Kier molecular flexibility index (Phi) is 5.36. The summed E-state index contributed by atoms with van der Waals surface area (Å²) >= 11 is 1.23. The molecular formula is C23H21NO4S. The summed E-state index contributed by atoms with van der Waals surface area (Å²) < 4.78 is 5.92. The van der Waals surface area contributed by atoms with Gasteiger partial charge in [0.1, 0.15) is 10.6 Å². The molecule has 0 spiro atoms. The number of benzene rings is 2. The number of carbonyl (C=O) groups is 2. The number of nitrogens with one attached hydrogen (secondary N) is 1. The van der Waals surface area contributed by atoms with Gasteiger partial charge < -0.3 is 15.2 Å². The molecule has 0 aliphatic carbocycles. The number of hydrogen-bond acceptors (Lipinski definition) is 4. The van der Waals surface area contributed by atoms with Crippen molar-refractivity contribution in [2.24, 2.45) is 0 Å². The van der Waals surface area contributed by atoms with Gasteiger partial charge in [-0.25, -0.2) is 4.79 Å². The largest absolute Gasteiger partial charge is 0.493 e. The normalized spacial score (nSPS) is 15.5. The highest BCUT2D eigenvalue weighted by Crippen LogP contribution is 2.50. The number of para-hydroxylation sites is 1. The van der Waals surface area contributed by atoms with Crippen molar-refractivity contribution in [3.63, 3.8) is 0 Å². The average Bonchev–Trinajstić information content (AvgIpc) is 3.12. The number of fused-ring (bicyclic) bond motifs is 1. The molecule has 1 amide bonds. The number of thiophene rings is 1. The van der Waals surface area contributed by atoms with Crippen LogP contribution in [0.3, 0.4) is 0 Å². The van der Waals surface area contributed by atoms with Crippen molar-refractivity contribution in [2.75, 3.05) is 11.9 Å². The van der Waals surface area contributed by atoms with Crippen LogP contribution >= 0.6 is 11.3 Å². The molecule has 1 aliphatic rings. The van der Waals surface area contributed by atoms with E-state index in [0.29, 0.717) is 17.9 Å². The molecular weight excluding hydrogens is 386 g/mol. The zero-order valence-corrected chi connectivity index (χ0v) is 16.8. The van der Waals surface area contributed by atoms with E-state index in [2.05, 4.69) is 5.32 Å². The predicted octanol–water partition coefficient (Wildman–Crippen LogP) is 5.38. The number of carbonyl (C=O) groups excluding carboxylic acids is 1. The Morgan fingerprint density at radius 2 is 1.90 bits per heavy atom. The van der Waals surface area contributed by atoms with E-state index in [-0.39, 0.29) is 23.1 Å². The first-order valence-corrected chi connectivity index (χ1v) is 10.4.